The van der Waals surface area contributed by atoms with Crippen LogP contribution < -0.4 is 15.7 Å². The Morgan fingerprint density at radius 3 is 2.33 bits per heavy atom. The van der Waals surface area contributed by atoms with E-state index < -0.39 is 29.9 Å². The van der Waals surface area contributed by atoms with Crippen molar-refractivity contribution in [3.63, 3.8) is 0 Å². The van der Waals surface area contributed by atoms with Gasteiger partial charge in [0.15, 0.2) is 0 Å². The summed E-state index contributed by atoms with van der Waals surface area (Å²) in [5.74, 6) is -3.74. The van der Waals surface area contributed by atoms with Gasteiger partial charge in [-0.2, -0.15) is 13.2 Å². The highest BCUT2D eigenvalue weighted by Gasteiger charge is 2.38. The van der Waals surface area contributed by atoms with Crippen molar-refractivity contribution in [2.45, 2.75) is 38.1 Å². The van der Waals surface area contributed by atoms with E-state index in [0.717, 1.165) is 6.07 Å². The molecule has 1 fully saturated rings. The summed E-state index contributed by atoms with van der Waals surface area (Å²) in [5, 5.41) is 20.1. The minimum atomic E-state index is -5.08. The van der Waals surface area contributed by atoms with E-state index in [0.29, 0.717) is 43.5 Å². The van der Waals surface area contributed by atoms with Crippen molar-refractivity contribution in [1.82, 2.24) is 14.5 Å². The van der Waals surface area contributed by atoms with Crippen molar-refractivity contribution in [2.75, 3.05) is 31.6 Å². The van der Waals surface area contributed by atoms with Crippen LogP contribution in [-0.4, -0.2) is 75.1 Å². The maximum atomic E-state index is 13.5. The molecule has 218 valence electrons. The molecule has 0 unspecified atom stereocenters. The van der Waals surface area contributed by atoms with Gasteiger partial charge in [0.2, 0.25) is 5.91 Å². The molecule has 10 nitrogen and oxygen atoms in total. The van der Waals surface area contributed by atoms with Crippen molar-refractivity contribution < 1.29 is 46.5 Å². The molecule has 3 aromatic rings. The van der Waals surface area contributed by atoms with Crippen LogP contribution in [0.4, 0.5) is 27.6 Å². The quantitative estimate of drug-likeness (QED) is 0.318. The van der Waals surface area contributed by atoms with Gasteiger partial charge in [-0.15, -0.1) is 0 Å². The summed E-state index contributed by atoms with van der Waals surface area (Å²) in [4.78, 5) is 37.4. The number of aromatic nitrogens is 2. The van der Waals surface area contributed by atoms with E-state index in [1.165, 1.54) is 31.2 Å². The number of nitrogens with one attached hydrogen (secondary N) is 2. The number of aromatic amines is 1. The van der Waals surface area contributed by atoms with Crippen LogP contribution in [0.2, 0.25) is 0 Å². The first-order chi connectivity index (χ1) is 18.7. The summed E-state index contributed by atoms with van der Waals surface area (Å²) >= 11 is 0. The summed E-state index contributed by atoms with van der Waals surface area (Å²) in [6.07, 6.45) is -4.46. The third kappa shape index (κ3) is 8.26. The average molecular weight is 575 g/mol. The van der Waals surface area contributed by atoms with Crippen molar-refractivity contribution in [3.8, 4) is 5.75 Å². The van der Waals surface area contributed by atoms with E-state index in [1.807, 2.05) is 0 Å². The summed E-state index contributed by atoms with van der Waals surface area (Å²) in [6.45, 7) is 3.02. The Bertz CT molecular complexity index is 1400. The first-order valence-electron chi connectivity index (χ1n) is 12.0. The van der Waals surface area contributed by atoms with E-state index in [4.69, 9.17) is 14.6 Å². The normalized spacial score (nSPS) is 15.3. The number of hydrogen-bond acceptors (Lipinski definition) is 6. The first-order valence-corrected chi connectivity index (χ1v) is 12.0. The number of amides is 1. The molecular formula is C25H27F5N4O6. The third-order valence-corrected chi connectivity index (χ3v) is 6.00. The Kier molecular flexibility index (Phi) is 9.87. The molecule has 0 aliphatic carbocycles. The number of anilines is 1. The predicted octanol–water partition coefficient (Wildman–Crippen LogP) is 3.28. The number of carboxylic acid groups (broad SMARTS) is 1. The molecule has 1 atom stereocenters. The van der Waals surface area contributed by atoms with E-state index in [-0.39, 0.29) is 35.7 Å². The lowest BCUT2D eigenvalue weighted by atomic mass is 10.0. The number of carboxylic acids is 1. The molecule has 4 rings (SSSR count). The molecule has 4 N–H and O–H groups in total. The Morgan fingerprint density at radius 2 is 1.73 bits per heavy atom. The molecule has 1 aromatic heterocycles. The Hall–Kier alpha value is -3.98. The van der Waals surface area contributed by atoms with Crippen molar-refractivity contribution in [3.05, 3.63) is 58.5 Å². The third-order valence-electron chi connectivity index (χ3n) is 6.00. The van der Waals surface area contributed by atoms with Gasteiger partial charge in [0.05, 0.1) is 16.7 Å². The summed E-state index contributed by atoms with van der Waals surface area (Å²) in [5.41, 5.74) is 1.12. The Labute approximate surface area is 224 Å². The molecule has 0 radical (unpaired) electrons. The highest BCUT2D eigenvalue weighted by Crippen LogP contribution is 2.27. The van der Waals surface area contributed by atoms with Crippen molar-refractivity contribution in [2.24, 2.45) is 0 Å². The van der Waals surface area contributed by atoms with Gasteiger partial charge in [0.1, 0.15) is 30.1 Å². The molecule has 2 heterocycles. The lowest BCUT2D eigenvalue weighted by molar-refractivity contribution is -0.192. The number of nitrogens with zero attached hydrogens (tertiary/aromatic N) is 2. The number of hydrogen-bond donors (Lipinski definition) is 4. The number of ether oxygens (including phenoxy) is 1. The minimum Gasteiger partial charge on any atom is -0.489 e. The molecule has 1 amide bonds. The van der Waals surface area contributed by atoms with Crippen LogP contribution in [-0.2, 0) is 9.59 Å². The number of aliphatic hydroxyl groups excluding tert-OH is 1. The van der Waals surface area contributed by atoms with Gasteiger partial charge in [-0.05, 0) is 43.2 Å². The zero-order valence-electron chi connectivity index (χ0n) is 21.2. The zero-order valence-corrected chi connectivity index (χ0v) is 21.2. The number of halogens is 5. The number of carbonyl (C=O) groups is 2. The van der Waals surface area contributed by atoms with E-state index in [1.54, 1.807) is 10.6 Å². The lowest BCUT2D eigenvalue weighted by Gasteiger charge is -2.33. The van der Waals surface area contributed by atoms with Crippen LogP contribution in [0.25, 0.3) is 11.0 Å². The SMILES string of the molecule is CC(=O)Nc1cc(F)ccc1OC[C@H](O)CN1CCC(n2c(=O)[nH]c3cc(F)ccc32)CC1.O=C(O)C(F)(F)F. The van der Waals surface area contributed by atoms with Gasteiger partial charge in [-0.3, -0.25) is 9.36 Å². The molecular weight excluding hydrogens is 547 g/mol. The van der Waals surface area contributed by atoms with Crippen LogP contribution in [0.1, 0.15) is 25.8 Å². The molecule has 0 spiro atoms. The second-order valence-electron chi connectivity index (χ2n) is 9.08. The van der Waals surface area contributed by atoms with Crippen molar-refractivity contribution in [1.29, 1.82) is 0 Å². The van der Waals surface area contributed by atoms with E-state index in [2.05, 4.69) is 15.2 Å². The largest absolute Gasteiger partial charge is 0.490 e. The maximum absolute atomic E-state index is 13.5. The van der Waals surface area contributed by atoms with Gasteiger partial charge < -0.3 is 30.2 Å². The fraction of sp³-hybridized carbons (Fsp3) is 0.400. The number of carbonyl (C=O) groups excluding carboxylic acids is 1. The van der Waals surface area contributed by atoms with Gasteiger partial charge in [0.25, 0.3) is 0 Å². The molecule has 2 aromatic carbocycles. The number of benzene rings is 2. The average Bonchev–Trinajstić information content (AvgIpc) is 3.18. The lowest BCUT2D eigenvalue weighted by Crippen LogP contribution is -2.42. The van der Waals surface area contributed by atoms with E-state index >= 15 is 0 Å². The number of alkyl halides is 3. The Balaban J connectivity index is 0.000000559. The van der Waals surface area contributed by atoms with Gasteiger partial charge in [-0.25, -0.2) is 18.4 Å². The highest BCUT2D eigenvalue weighted by atomic mass is 19.4. The molecule has 40 heavy (non-hydrogen) atoms. The molecule has 0 bridgehead atoms. The fourth-order valence-corrected chi connectivity index (χ4v) is 4.28. The van der Waals surface area contributed by atoms with Crippen LogP contribution in [0, 0.1) is 11.6 Å². The van der Waals surface area contributed by atoms with Gasteiger partial charge in [-0.1, -0.05) is 0 Å². The van der Waals surface area contributed by atoms with Crippen LogP contribution in [0.3, 0.4) is 0 Å². The number of H-pyrrole nitrogens is 1. The fourth-order valence-electron chi connectivity index (χ4n) is 4.28. The number of aliphatic hydroxyl groups is 1. The number of fused-ring (bicyclic) bond motifs is 1. The number of imidazole rings is 1. The second-order valence-corrected chi connectivity index (χ2v) is 9.08. The topological polar surface area (TPSA) is 137 Å². The molecule has 1 saturated heterocycles. The molecule has 15 heteroatoms. The van der Waals surface area contributed by atoms with Gasteiger partial charge in [0, 0.05) is 38.7 Å². The summed E-state index contributed by atoms with van der Waals surface area (Å²) in [6, 6.07) is 8.05. The maximum Gasteiger partial charge on any atom is 0.490 e. The van der Waals surface area contributed by atoms with E-state index in [9.17, 15) is 36.6 Å². The molecule has 0 saturated carbocycles. The predicted molar refractivity (Wildman–Crippen MR) is 133 cm³/mol. The number of aliphatic carboxylic acids is 1. The number of rotatable bonds is 7. The number of likely N-dealkylation sites (tertiary alicyclic amines) is 1. The Morgan fingerprint density at radius 1 is 1.12 bits per heavy atom. The first kappa shape index (κ1) is 30.6. The number of piperidine rings is 1. The molecule has 1 aliphatic rings. The van der Waals surface area contributed by atoms with Crippen LogP contribution in [0.5, 0.6) is 5.75 Å². The highest BCUT2D eigenvalue weighted by molar-refractivity contribution is 5.90. The summed E-state index contributed by atoms with van der Waals surface area (Å²) < 4.78 is 65.9. The molecule has 1 aliphatic heterocycles. The zero-order chi connectivity index (χ0) is 29.6. The van der Waals surface area contributed by atoms with Crippen LogP contribution in [0.15, 0.2) is 41.2 Å². The summed E-state index contributed by atoms with van der Waals surface area (Å²) in [7, 11) is 0. The number of β-amino-alcohol motifs (C(OH)–C–C–N with tert-alkyl or cyclic N) is 1. The van der Waals surface area contributed by atoms with Gasteiger partial charge >= 0.3 is 17.8 Å². The monoisotopic (exact) mass is 574 g/mol. The smallest absolute Gasteiger partial charge is 0.489 e. The second kappa shape index (κ2) is 12.9. The van der Waals surface area contributed by atoms with Crippen molar-refractivity contribution >= 4 is 28.6 Å². The standard InChI is InChI=1S/C23H26F2N4O4.C2HF3O2/c1-14(30)26-20-11-16(25)3-5-22(20)33-13-18(31)12-28-8-6-17(7-9-28)29-21-4-2-15(24)10-19(21)27-23(29)32;3-2(4,5)1(6)7/h2-5,10-11,17-18,31H,6-9,12-13H2,1H3,(H,26,30)(H,27,32);(H,6,7)/t18-;/m1./s1. The minimum absolute atomic E-state index is 0.0132. The van der Waals surface area contributed by atoms with Crippen LogP contribution >= 0.6 is 0 Å².